The molecule has 2 amide bonds. The highest BCUT2D eigenvalue weighted by atomic mass is 19.4. The van der Waals surface area contributed by atoms with Crippen molar-refractivity contribution in [2.75, 3.05) is 5.32 Å². The lowest BCUT2D eigenvalue weighted by molar-refractivity contribution is -0.191. The summed E-state index contributed by atoms with van der Waals surface area (Å²) in [5.41, 5.74) is -2.03. The van der Waals surface area contributed by atoms with Crippen LogP contribution in [-0.4, -0.2) is 17.4 Å². The molecule has 0 fully saturated rings. The number of rotatable bonds is 3. The predicted molar refractivity (Wildman–Crippen MR) is 73.2 cm³/mol. The van der Waals surface area contributed by atoms with Crippen molar-refractivity contribution in [1.29, 1.82) is 0 Å². The fraction of sp³-hybridized carbons (Fsp3) is 0.286. The van der Waals surface area contributed by atoms with Gasteiger partial charge in [0.2, 0.25) is 0 Å². The molecule has 0 aliphatic carbocycles. The highest BCUT2D eigenvalue weighted by Crippen LogP contribution is 2.38. The summed E-state index contributed by atoms with van der Waals surface area (Å²) in [6.07, 6.45) is -3.53. The van der Waals surface area contributed by atoms with E-state index in [9.17, 15) is 18.0 Å². The topological polar surface area (TPSA) is 67.2 Å². The van der Waals surface area contributed by atoms with E-state index in [1.165, 1.54) is 24.3 Å². The van der Waals surface area contributed by atoms with Gasteiger partial charge in [0.15, 0.2) is 5.54 Å². The Bertz CT molecular complexity index is 655. The normalized spacial score (nSPS) is 14.2. The third-order valence-electron chi connectivity index (χ3n) is 3.28. The smallest absolute Gasteiger partial charge is 0.362 e. The second-order valence-electron chi connectivity index (χ2n) is 4.88. The largest absolute Gasteiger partial charge is 0.415 e. The minimum absolute atomic E-state index is 0.0697. The molecule has 2 aromatic rings. The predicted octanol–water partition coefficient (Wildman–Crippen LogP) is 3.58. The lowest BCUT2D eigenvalue weighted by Crippen LogP contribution is -2.55. The number of nitrogens with zero attached hydrogens (tertiary/aromatic N) is 1. The molecule has 0 saturated heterocycles. The molecular weight excluding hydrogens is 299 g/mol. The number of halogens is 3. The maximum atomic E-state index is 13.4. The molecule has 0 aliphatic heterocycles. The van der Waals surface area contributed by atoms with Gasteiger partial charge in [0, 0.05) is 0 Å². The van der Waals surface area contributed by atoms with Gasteiger partial charge >= 0.3 is 12.2 Å². The van der Waals surface area contributed by atoms with Gasteiger partial charge in [-0.1, -0.05) is 35.5 Å². The molecule has 1 unspecified atom stereocenters. The summed E-state index contributed by atoms with van der Waals surface area (Å²) >= 11 is 0. The first-order valence-corrected chi connectivity index (χ1v) is 6.36. The van der Waals surface area contributed by atoms with Crippen LogP contribution in [0.15, 0.2) is 41.1 Å². The number of carbonyl (C=O) groups is 1. The van der Waals surface area contributed by atoms with Crippen LogP contribution in [0.2, 0.25) is 0 Å². The van der Waals surface area contributed by atoms with Crippen LogP contribution >= 0.6 is 0 Å². The lowest BCUT2D eigenvalue weighted by Gasteiger charge is -2.33. The molecular formula is C14H14F3N3O2. The first-order chi connectivity index (χ1) is 10.2. The van der Waals surface area contributed by atoms with Gasteiger partial charge in [-0.3, -0.25) is 0 Å². The number of nitrogens with one attached hydrogen (secondary N) is 2. The molecule has 1 aromatic heterocycles. The van der Waals surface area contributed by atoms with Crippen LogP contribution in [0.5, 0.6) is 0 Å². The zero-order chi connectivity index (χ0) is 16.4. The summed E-state index contributed by atoms with van der Waals surface area (Å²) < 4.78 is 44.9. The van der Waals surface area contributed by atoms with Crippen molar-refractivity contribution < 1.29 is 22.5 Å². The molecule has 0 spiro atoms. The van der Waals surface area contributed by atoms with Gasteiger partial charge in [0.05, 0.1) is 0 Å². The second kappa shape index (κ2) is 5.70. The number of hydrogen-bond acceptors (Lipinski definition) is 3. The van der Waals surface area contributed by atoms with Crippen molar-refractivity contribution in [3.05, 3.63) is 47.9 Å². The number of benzene rings is 1. The monoisotopic (exact) mass is 313 g/mol. The number of carbonyl (C=O) groups excluding carboxylic acids is 1. The van der Waals surface area contributed by atoms with E-state index in [1.54, 1.807) is 13.0 Å². The van der Waals surface area contributed by atoms with Crippen LogP contribution in [0.1, 0.15) is 18.2 Å². The number of hydrogen-bond donors (Lipinski definition) is 2. The fourth-order valence-electron chi connectivity index (χ4n) is 1.87. The molecule has 22 heavy (non-hydrogen) atoms. The number of amides is 2. The molecule has 1 heterocycles. The Balaban J connectivity index is 2.25. The van der Waals surface area contributed by atoms with Crippen LogP contribution in [0.25, 0.3) is 0 Å². The van der Waals surface area contributed by atoms with Gasteiger partial charge in [-0.05, 0) is 19.4 Å². The van der Waals surface area contributed by atoms with E-state index in [1.807, 2.05) is 5.32 Å². The quantitative estimate of drug-likeness (QED) is 0.910. The number of anilines is 1. The first kappa shape index (κ1) is 15.9. The average Bonchev–Trinajstić information content (AvgIpc) is 2.83. The maximum Gasteiger partial charge on any atom is 0.415 e. The molecule has 0 aliphatic rings. The summed E-state index contributed by atoms with van der Waals surface area (Å²) in [6, 6.07) is 6.15. The molecule has 2 N–H and O–H groups in total. The van der Waals surface area contributed by atoms with Crippen LogP contribution in [0, 0.1) is 6.92 Å². The summed E-state index contributed by atoms with van der Waals surface area (Å²) in [6.45, 7) is 2.46. The zero-order valence-electron chi connectivity index (χ0n) is 11.9. The summed E-state index contributed by atoms with van der Waals surface area (Å²) in [5, 5.41) is 7.79. The molecule has 2 rings (SSSR count). The minimum Gasteiger partial charge on any atom is -0.362 e. The SMILES string of the molecule is Cc1nocc1NC(=O)NC(C)(c1ccccc1)C(F)(F)F. The molecule has 118 valence electrons. The maximum absolute atomic E-state index is 13.4. The van der Waals surface area contributed by atoms with Crippen LogP contribution in [0.4, 0.5) is 23.7 Å². The van der Waals surface area contributed by atoms with E-state index in [4.69, 9.17) is 0 Å². The Morgan fingerprint density at radius 2 is 1.86 bits per heavy atom. The second-order valence-corrected chi connectivity index (χ2v) is 4.88. The van der Waals surface area contributed by atoms with E-state index < -0.39 is 17.7 Å². The van der Waals surface area contributed by atoms with Crippen molar-refractivity contribution in [2.24, 2.45) is 0 Å². The number of urea groups is 1. The molecule has 8 heteroatoms. The number of aromatic nitrogens is 1. The van der Waals surface area contributed by atoms with Crippen LogP contribution in [0.3, 0.4) is 0 Å². The van der Waals surface area contributed by atoms with Crippen LogP contribution < -0.4 is 10.6 Å². The van der Waals surface area contributed by atoms with Gasteiger partial charge in [0.1, 0.15) is 17.6 Å². The first-order valence-electron chi connectivity index (χ1n) is 6.36. The van der Waals surface area contributed by atoms with Crippen molar-refractivity contribution in [2.45, 2.75) is 25.6 Å². The van der Waals surface area contributed by atoms with Gasteiger partial charge in [-0.15, -0.1) is 0 Å². The van der Waals surface area contributed by atoms with Crippen LogP contribution in [-0.2, 0) is 5.54 Å². The highest BCUT2D eigenvalue weighted by molar-refractivity contribution is 5.90. The van der Waals surface area contributed by atoms with Crippen molar-refractivity contribution in [1.82, 2.24) is 10.5 Å². The Hall–Kier alpha value is -2.51. The molecule has 1 atom stereocenters. The van der Waals surface area contributed by atoms with Gasteiger partial charge in [-0.25, -0.2) is 4.79 Å². The fourth-order valence-corrected chi connectivity index (χ4v) is 1.87. The third-order valence-corrected chi connectivity index (χ3v) is 3.28. The molecule has 0 bridgehead atoms. The Morgan fingerprint density at radius 3 is 2.36 bits per heavy atom. The van der Waals surface area contributed by atoms with E-state index >= 15 is 0 Å². The van der Waals surface area contributed by atoms with E-state index in [2.05, 4.69) is 15.0 Å². The minimum atomic E-state index is -4.67. The lowest BCUT2D eigenvalue weighted by atomic mass is 9.91. The van der Waals surface area contributed by atoms with E-state index in [0.29, 0.717) is 5.69 Å². The zero-order valence-corrected chi connectivity index (χ0v) is 11.9. The van der Waals surface area contributed by atoms with Crippen molar-refractivity contribution >= 4 is 11.7 Å². The van der Waals surface area contributed by atoms with Gasteiger partial charge < -0.3 is 15.2 Å². The van der Waals surface area contributed by atoms with E-state index in [0.717, 1.165) is 13.2 Å². The van der Waals surface area contributed by atoms with E-state index in [-0.39, 0.29) is 11.3 Å². The average molecular weight is 313 g/mol. The summed E-state index contributed by atoms with van der Waals surface area (Å²) in [7, 11) is 0. The molecule has 0 radical (unpaired) electrons. The van der Waals surface area contributed by atoms with Gasteiger partial charge in [0.25, 0.3) is 0 Å². The molecule has 5 nitrogen and oxygen atoms in total. The Kier molecular flexibility index (Phi) is 4.11. The molecule has 0 saturated carbocycles. The third kappa shape index (κ3) is 3.05. The Labute approximate surface area is 124 Å². The molecule has 1 aromatic carbocycles. The van der Waals surface area contributed by atoms with Gasteiger partial charge in [-0.2, -0.15) is 13.2 Å². The highest BCUT2D eigenvalue weighted by Gasteiger charge is 2.53. The Morgan fingerprint density at radius 1 is 1.23 bits per heavy atom. The van der Waals surface area contributed by atoms with Crippen molar-refractivity contribution in [3.63, 3.8) is 0 Å². The number of aryl methyl sites for hydroxylation is 1. The van der Waals surface area contributed by atoms with Crippen molar-refractivity contribution in [3.8, 4) is 0 Å². The summed E-state index contributed by atoms with van der Waals surface area (Å²) in [5.74, 6) is 0. The standard InChI is InChI=1S/C14H14F3N3O2/c1-9-11(8-22-20-9)18-12(21)19-13(2,14(15,16)17)10-6-4-3-5-7-10/h3-8H,1-2H3,(H2,18,19,21). The number of alkyl halides is 3. The summed E-state index contributed by atoms with van der Waals surface area (Å²) in [4.78, 5) is 11.9.